The molecule has 0 bridgehead atoms. The van der Waals surface area contributed by atoms with Gasteiger partial charge in [0.1, 0.15) is 0 Å². The smallest absolute Gasteiger partial charge is 0.277 e. The number of thioether (sulfide) groups is 1. The third-order valence-corrected chi connectivity index (χ3v) is 6.22. The molecule has 1 amide bonds. The van der Waals surface area contributed by atoms with Gasteiger partial charge in [0, 0.05) is 22.5 Å². The molecule has 0 aliphatic heterocycles. The molecule has 28 heavy (non-hydrogen) atoms. The van der Waals surface area contributed by atoms with Crippen molar-refractivity contribution in [3.63, 3.8) is 0 Å². The second-order valence-electron chi connectivity index (χ2n) is 6.95. The third-order valence-electron chi connectivity index (χ3n) is 5.15. The molecular weight excluding hydrogens is 394 g/mol. The lowest BCUT2D eigenvalue weighted by Gasteiger charge is -2.42. The Morgan fingerprint density at radius 2 is 1.86 bits per heavy atom. The van der Waals surface area contributed by atoms with Crippen LogP contribution < -0.4 is 5.32 Å². The minimum atomic E-state index is -0.0292. The van der Waals surface area contributed by atoms with Gasteiger partial charge in [-0.3, -0.25) is 4.79 Å². The van der Waals surface area contributed by atoms with Gasteiger partial charge in [-0.15, -0.1) is 10.2 Å². The molecule has 1 N–H and O–H groups in total. The summed E-state index contributed by atoms with van der Waals surface area (Å²) in [5, 5.41) is 12.1. The van der Waals surface area contributed by atoms with Gasteiger partial charge in [-0.25, -0.2) is 0 Å². The van der Waals surface area contributed by atoms with E-state index in [4.69, 9.17) is 16.0 Å². The van der Waals surface area contributed by atoms with E-state index in [0.717, 1.165) is 18.4 Å². The van der Waals surface area contributed by atoms with E-state index in [-0.39, 0.29) is 17.1 Å². The summed E-state index contributed by atoms with van der Waals surface area (Å²) in [5.41, 5.74) is 2.18. The number of hydrogen-bond acceptors (Lipinski definition) is 5. The number of rotatable bonds is 7. The topological polar surface area (TPSA) is 68.0 Å². The van der Waals surface area contributed by atoms with Gasteiger partial charge in [0.15, 0.2) is 0 Å². The van der Waals surface area contributed by atoms with Gasteiger partial charge in [-0.1, -0.05) is 60.1 Å². The van der Waals surface area contributed by atoms with Crippen molar-refractivity contribution < 1.29 is 9.21 Å². The second kappa shape index (κ2) is 8.37. The Kier molecular flexibility index (Phi) is 5.69. The van der Waals surface area contributed by atoms with Gasteiger partial charge in [-0.2, -0.15) is 0 Å². The van der Waals surface area contributed by atoms with Gasteiger partial charge in [0.25, 0.3) is 5.22 Å². The zero-order valence-electron chi connectivity index (χ0n) is 15.2. The number of carbonyl (C=O) groups is 1. The summed E-state index contributed by atoms with van der Waals surface area (Å²) in [5.74, 6) is 0.628. The molecule has 0 spiro atoms. The first-order valence-electron chi connectivity index (χ1n) is 9.19. The lowest BCUT2D eigenvalue weighted by atomic mass is 9.64. The monoisotopic (exact) mass is 413 g/mol. The number of carbonyl (C=O) groups excluding carboxylic acids is 1. The van der Waals surface area contributed by atoms with Crippen molar-refractivity contribution in [3.05, 3.63) is 65.2 Å². The molecule has 3 aromatic rings. The number of benzene rings is 2. The SMILES string of the molecule is O=C(CSc1nnc(-c2ccc(Cl)cc2)o1)NCC1(c2ccccc2)CCC1. The summed E-state index contributed by atoms with van der Waals surface area (Å²) in [7, 11) is 0. The maximum atomic E-state index is 12.3. The first-order valence-corrected chi connectivity index (χ1v) is 10.6. The van der Waals surface area contributed by atoms with Gasteiger partial charge >= 0.3 is 0 Å². The van der Waals surface area contributed by atoms with E-state index in [0.29, 0.717) is 22.7 Å². The van der Waals surface area contributed by atoms with E-state index in [9.17, 15) is 4.79 Å². The van der Waals surface area contributed by atoms with E-state index < -0.39 is 0 Å². The summed E-state index contributed by atoms with van der Waals surface area (Å²) in [6.45, 7) is 0.663. The Bertz CT molecular complexity index is 940. The Hall–Kier alpha value is -2.31. The molecule has 0 unspecified atom stereocenters. The predicted molar refractivity (Wildman–Crippen MR) is 110 cm³/mol. The highest BCUT2D eigenvalue weighted by Gasteiger charge is 2.38. The fourth-order valence-corrected chi connectivity index (χ4v) is 4.11. The first-order chi connectivity index (χ1) is 13.6. The molecule has 0 atom stereocenters. The first kappa shape index (κ1) is 19.0. The van der Waals surface area contributed by atoms with Gasteiger partial charge < -0.3 is 9.73 Å². The van der Waals surface area contributed by atoms with Crippen LogP contribution in [-0.4, -0.2) is 28.4 Å². The molecule has 144 valence electrons. The van der Waals surface area contributed by atoms with E-state index in [1.54, 1.807) is 12.1 Å². The number of amides is 1. The number of aromatic nitrogens is 2. The van der Waals surface area contributed by atoms with Crippen LogP contribution in [0.25, 0.3) is 11.5 Å². The van der Waals surface area contributed by atoms with E-state index in [1.807, 2.05) is 18.2 Å². The molecular formula is C21H20ClN3O2S. The molecule has 0 radical (unpaired) electrons. The van der Waals surface area contributed by atoms with Crippen LogP contribution in [-0.2, 0) is 10.2 Å². The lowest BCUT2D eigenvalue weighted by molar-refractivity contribution is -0.119. The number of halogens is 1. The highest BCUT2D eigenvalue weighted by Crippen LogP contribution is 2.43. The van der Waals surface area contributed by atoms with Gasteiger partial charge in [-0.05, 0) is 42.7 Å². The molecule has 1 aliphatic rings. The molecule has 5 nitrogen and oxygen atoms in total. The Morgan fingerprint density at radius 3 is 2.54 bits per heavy atom. The van der Waals surface area contributed by atoms with Crippen molar-refractivity contribution in [2.75, 3.05) is 12.3 Å². The van der Waals surface area contributed by atoms with Crippen LogP contribution in [0.2, 0.25) is 5.02 Å². The molecule has 0 saturated heterocycles. The summed E-state index contributed by atoms with van der Waals surface area (Å²) < 4.78 is 5.62. The molecule has 4 rings (SSSR count). The Morgan fingerprint density at radius 1 is 1.11 bits per heavy atom. The van der Waals surface area contributed by atoms with Crippen LogP contribution in [0.4, 0.5) is 0 Å². The maximum Gasteiger partial charge on any atom is 0.277 e. The normalized spacial score (nSPS) is 15.0. The lowest BCUT2D eigenvalue weighted by Crippen LogP contribution is -2.46. The molecule has 1 aromatic heterocycles. The van der Waals surface area contributed by atoms with Crippen LogP contribution >= 0.6 is 23.4 Å². The summed E-state index contributed by atoms with van der Waals surface area (Å²) >= 11 is 7.13. The second-order valence-corrected chi connectivity index (χ2v) is 8.31. The predicted octanol–water partition coefficient (Wildman–Crippen LogP) is 4.72. The summed E-state index contributed by atoms with van der Waals surface area (Å²) in [4.78, 5) is 12.3. The van der Waals surface area contributed by atoms with Gasteiger partial charge in [0.05, 0.1) is 5.75 Å². The van der Waals surface area contributed by atoms with Crippen molar-refractivity contribution in [2.24, 2.45) is 0 Å². The zero-order valence-corrected chi connectivity index (χ0v) is 16.8. The van der Waals surface area contributed by atoms with E-state index in [2.05, 4.69) is 39.8 Å². The fraction of sp³-hybridized carbons (Fsp3) is 0.286. The molecule has 7 heteroatoms. The van der Waals surface area contributed by atoms with Crippen molar-refractivity contribution in [2.45, 2.75) is 29.9 Å². The van der Waals surface area contributed by atoms with E-state index >= 15 is 0 Å². The quantitative estimate of drug-likeness (QED) is 0.567. The maximum absolute atomic E-state index is 12.3. The highest BCUT2D eigenvalue weighted by molar-refractivity contribution is 7.99. The highest BCUT2D eigenvalue weighted by atomic mass is 35.5. The minimum absolute atomic E-state index is 0.0292. The van der Waals surface area contributed by atoms with Crippen LogP contribution in [0.3, 0.4) is 0 Å². The fourth-order valence-electron chi connectivity index (χ4n) is 3.39. The average Bonchev–Trinajstić information content (AvgIpc) is 3.16. The molecule has 1 fully saturated rings. The van der Waals surface area contributed by atoms with Crippen molar-refractivity contribution in [1.82, 2.24) is 15.5 Å². The van der Waals surface area contributed by atoms with Crippen LogP contribution in [0.5, 0.6) is 0 Å². The third kappa shape index (κ3) is 4.23. The van der Waals surface area contributed by atoms with E-state index in [1.165, 1.54) is 23.7 Å². The van der Waals surface area contributed by atoms with Crippen LogP contribution in [0.15, 0.2) is 64.2 Å². The largest absolute Gasteiger partial charge is 0.411 e. The van der Waals surface area contributed by atoms with Crippen molar-refractivity contribution >= 4 is 29.3 Å². The standard InChI is InChI=1S/C21H20ClN3O2S/c22-17-9-7-15(8-10-17)19-24-25-20(27-19)28-13-18(26)23-14-21(11-4-12-21)16-5-2-1-3-6-16/h1-3,5-10H,4,11-14H2,(H,23,26). The Labute approximate surface area is 172 Å². The zero-order chi connectivity index (χ0) is 19.4. The number of hydrogen-bond donors (Lipinski definition) is 1. The Balaban J connectivity index is 1.30. The molecule has 1 heterocycles. The molecule has 1 aliphatic carbocycles. The number of nitrogens with one attached hydrogen (secondary N) is 1. The number of nitrogens with zero attached hydrogens (tertiary/aromatic N) is 2. The van der Waals surface area contributed by atoms with Gasteiger partial charge in [0.2, 0.25) is 11.8 Å². The average molecular weight is 414 g/mol. The summed E-state index contributed by atoms with van der Waals surface area (Å²) in [6, 6.07) is 17.6. The van der Waals surface area contributed by atoms with Crippen molar-refractivity contribution in [3.8, 4) is 11.5 Å². The van der Waals surface area contributed by atoms with Crippen LogP contribution in [0, 0.1) is 0 Å². The minimum Gasteiger partial charge on any atom is -0.411 e. The molecule has 1 saturated carbocycles. The van der Waals surface area contributed by atoms with Crippen LogP contribution in [0.1, 0.15) is 24.8 Å². The molecule has 2 aromatic carbocycles. The van der Waals surface area contributed by atoms with Crippen molar-refractivity contribution in [1.29, 1.82) is 0 Å². The summed E-state index contributed by atoms with van der Waals surface area (Å²) in [6.07, 6.45) is 3.42.